The number of ether oxygens (including phenoxy) is 1. The number of halogens is 1. The zero-order chi connectivity index (χ0) is 14.1. The van der Waals surface area contributed by atoms with Gasteiger partial charge in [-0.05, 0) is 31.0 Å². The van der Waals surface area contributed by atoms with Gasteiger partial charge in [-0.1, -0.05) is 19.3 Å². The lowest BCUT2D eigenvalue weighted by molar-refractivity contribution is 0.321. The SMILES string of the molecule is COc1cc2c(cc1F)[nH]c(=S)n2CC1CCCCC1. The van der Waals surface area contributed by atoms with Gasteiger partial charge in [0.15, 0.2) is 16.3 Å². The highest BCUT2D eigenvalue weighted by Crippen LogP contribution is 2.29. The molecule has 1 aromatic heterocycles. The summed E-state index contributed by atoms with van der Waals surface area (Å²) in [6.07, 6.45) is 6.46. The molecule has 3 nitrogen and oxygen atoms in total. The molecule has 2 aromatic rings. The summed E-state index contributed by atoms with van der Waals surface area (Å²) in [7, 11) is 1.48. The van der Waals surface area contributed by atoms with E-state index in [-0.39, 0.29) is 11.6 Å². The van der Waals surface area contributed by atoms with E-state index >= 15 is 0 Å². The molecule has 1 aromatic carbocycles. The van der Waals surface area contributed by atoms with Crippen molar-refractivity contribution >= 4 is 23.3 Å². The van der Waals surface area contributed by atoms with Crippen molar-refractivity contribution in [3.05, 3.63) is 22.7 Å². The van der Waals surface area contributed by atoms with Crippen molar-refractivity contribution in [2.45, 2.75) is 38.6 Å². The summed E-state index contributed by atoms with van der Waals surface area (Å²) in [5, 5.41) is 0. The van der Waals surface area contributed by atoms with Crippen LogP contribution in [0.15, 0.2) is 12.1 Å². The van der Waals surface area contributed by atoms with Crippen LogP contribution in [-0.2, 0) is 6.54 Å². The Morgan fingerprint density at radius 3 is 2.80 bits per heavy atom. The smallest absolute Gasteiger partial charge is 0.178 e. The van der Waals surface area contributed by atoms with Gasteiger partial charge in [-0.15, -0.1) is 0 Å². The van der Waals surface area contributed by atoms with Gasteiger partial charge in [-0.3, -0.25) is 0 Å². The highest BCUT2D eigenvalue weighted by molar-refractivity contribution is 7.71. The third-order valence-corrected chi connectivity index (χ3v) is 4.54. The molecule has 5 heteroatoms. The fourth-order valence-corrected chi connectivity index (χ4v) is 3.41. The first-order chi connectivity index (χ1) is 9.69. The fourth-order valence-electron chi connectivity index (χ4n) is 3.12. The number of H-pyrrole nitrogens is 1. The van der Waals surface area contributed by atoms with Gasteiger partial charge >= 0.3 is 0 Å². The van der Waals surface area contributed by atoms with Crippen molar-refractivity contribution in [3.63, 3.8) is 0 Å². The van der Waals surface area contributed by atoms with E-state index in [0.29, 0.717) is 10.7 Å². The molecule has 0 atom stereocenters. The molecular formula is C15H19FN2OS. The summed E-state index contributed by atoms with van der Waals surface area (Å²) >= 11 is 5.39. The first-order valence-electron chi connectivity index (χ1n) is 7.15. The van der Waals surface area contributed by atoms with E-state index in [2.05, 4.69) is 9.55 Å². The van der Waals surface area contributed by atoms with Crippen LogP contribution in [0.3, 0.4) is 0 Å². The second-order valence-electron chi connectivity index (χ2n) is 5.55. The summed E-state index contributed by atoms with van der Waals surface area (Å²) in [5.74, 6) is 0.579. The second-order valence-corrected chi connectivity index (χ2v) is 5.94. The Labute approximate surface area is 122 Å². The van der Waals surface area contributed by atoms with Crippen LogP contribution in [0.5, 0.6) is 5.75 Å². The topological polar surface area (TPSA) is 29.9 Å². The molecule has 1 saturated carbocycles. The Hall–Kier alpha value is -1.36. The molecule has 0 radical (unpaired) electrons. The van der Waals surface area contributed by atoms with Gasteiger partial charge in [0, 0.05) is 18.7 Å². The van der Waals surface area contributed by atoms with Gasteiger partial charge in [0.25, 0.3) is 0 Å². The average Bonchev–Trinajstić information content (AvgIpc) is 2.74. The zero-order valence-corrected chi connectivity index (χ0v) is 12.4. The van der Waals surface area contributed by atoms with Crippen LogP contribution in [0.1, 0.15) is 32.1 Å². The van der Waals surface area contributed by atoms with Crippen LogP contribution in [0, 0.1) is 16.5 Å². The molecule has 1 heterocycles. The predicted molar refractivity (Wildman–Crippen MR) is 80.2 cm³/mol. The van der Waals surface area contributed by atoms with Crippen molar-refractivity contribution in [2.75, 3.05) is 7.11 Å². The Morgan fingerprint density at radius 1 is 1.35 bits per heavy atom. The highest BCUT2D eigenvalue weighted by atomic mass is 32.1. The van der Waals surface area contributed by atoms with E-state index in [1.165, 1.54) is 45.3 Å². The van der Waals surface area contributed by atoms with Crippen molar-refractivity contribution in [1.29, 1.82) is 0 Å². The summed E-state index contributed by atoms with van der Waals surface area (Å²) in [5.41, 5.74) is 1.67. The molecule has 1 aliphatic carbocycles. The lowest BCUT2D eigenvalue weighted by Gasteiger charge is -2.22. The quantitative estimate of drug-likeness (QED) is 0.849. The minimum Gasteiger partial charge on any atom is -0.494 e. The predicted octanol–water partition coefficient (Wildman–Crippen LogP) is 4.43. The van der Waals surface area contributed by atoms with E-state index in [1.54, 1.807) is 6.07 Å². The summed E-state index contributed by atoms with van der Waals surface area (Å²) in [6.45, 7) is 0.910. The number of hydrogen-bond donors (Lipinski definition) is 1. The third kappa shape index (κ3) is 2.46. The number of rotatable bonds is 3. The Kier molecular flexibility index (Phi) is 3.78. The Morgan fingerprint density at radius 2 is 2.10 bits per heavy atom. The fraction of sp³-hybridized carbons (Fsp3) is 0.533. The first kappa shape index (κ1) is 13.6. The maximum absolute atomic E-state index is 13.7. The molecule has 1 fully saturated rings. The van der Waals surface area contributed by atoms with Crippen molar-refractivity contribution in [3.8, 4) is 5.75 Å². The third-order valence-electron chi connectivity index (χ3n) is 4.21. The number of methoxy groups -OCH3 is 1. The number of nitrogens with zero attached hydrogens (tertiary/aromatic N) is 1. The minimum absolute atomic E-state index is 0.267. The molecule has 1 N–H and O–H groups in total. The monoisotopic (exact) mass is 294 g/mol. The lowest BCUT2D eigenvalue weighted by atomic mass is 9.89. The van der Waals surface area contributed by atoms with Crippen LogP contribution < -0.4 is 4.74 Å². The number of nitrogens with one attached hydrogen (secondary N) is 1. The standard InChI is InChI=1S/C15H19FN2OS/c1-19-14-8-13-12(7-11(14)16)17-15(20)18(13)9-10-5-3-2-4-6-10/h7-8,10H,2-6,9H2,1H3,(H,17,20). The van der Waals surface area contributed by atoms with E-state index in [1.807, 2.05) is 0 Å². The van der Waals surface area contributed by atoms with Crippen molar-refractivity contribution in [1.82, 2.24) is 9.55 Å². The number of imidazole rings is 1. The molecule has 0 saturated heterocycles. The summed E-state index contributed by atoms with van der Waals surface area (Å²) < 4.78 is 21.6. The van der Waals surface area contributed by atoms with E-state index in [0.717, 1.165) is 17.6 Å². The molecule has 0 amide bonds. The van der Waals surface area contributed by atoms with E-state index in [4.69, 9.17) is 17.0 Å². The minimum atomic E-state index is -0.360. The number of aromatic amines is 1. The summed E-state index contributed by atoms with van der Waals surface area (Å²) in [4.78, 5) is 3.09. The van der Waals surface area contributed by atoms with Crippen molar-refractivity contribution in [2.24, 2.45) is 5.92 Å². The van der Waals surface area contributed by atoms with Gasteiger partial charge in [0.2, 0.25) is 0 Å². The van der Waals surface area contributed by atoms with Gasteiger partial charge in [0.1, 0.15) is 0 Å². The Balaban J connectivity index is 2.00. The van der Waals surface area contributed by atoms with Gasteiger partial charge in [-0.25, -0.2) is 4.39 Å². The zero-order valence-electron chi connectivity index (χ0n) is 11.6. The molecule has 108 valence electrons. The Bertz CT molecular complexity index is 670. The second kappa shape index (κ2) is 5.56. The molecule has 3 rings (SSSR count). The maximum atomic E-state index is 13.7. The van der Waals surface area contributed by atoms with E-state index in [9.17, 15) is 4.39 Å². The van der Waals surface area contributed by atoms with Crippen molar-refractivity contribution < 1.29 is 9.13 Å². The van der Waals surface area contributed by atoms with Gasteiger partial charge < -0.3 is 14.3 Å². The number of fused-ring (bicyclic) bond motifs is 1. The normalized spacial score (nSPS) is 16.7. The molecule has 0 unspecified atom stereocenters. The molecule has 1 aliphatic rings. The first-order valence-corrected chi connectivity index (χ1v) is 7.56. The van der Waals surface area contributed by atoms with Gasteiger partial charge in [-0.2, -0.15) is 0 Å². The maximum Gasteiger partial charge on any atom is 0.178 e. The van der Waals surface area contributed by atoms with Crippen LogP contribution in [0.2, 0.25) is 0 Å². The van der Waals surface area contributed by atoms with Crippen LogP contribution in [-0.4, -0.2) is 16.7 Å². The molecule has 0 bridgehead atoms. The van der Waals surface area contributed by atoms with Crippen LogP contribution in [0.4, 0.5) is 4.39 Å². The van der Waals surface area contributed by atoms with Gasteiger partial charge in [0.05, 0.1) is 18.1 Å². The number of aromatic nitrogens is 2. The van der Waals surface area contributed by atoms with Crippen LogP contribution in [0.25, 0.3) is 11.0 Å². The van der Waals surface area contributed by atoms with E-state index < -0.39 is 0 Å². The lowest BCUT2D eigenvalue weighted by Crippen LogP contribution is -2.14. The molecule has 20 heavy (non-hydrogen) atoms. The number of benzene rings is 1. The van der Waals surface area contributed by atoms with Crippen LogP contribution >= 0.6 is 12.2 Å². The molecule has 0 spiro atoms. The average molecular weight is 294 g/mol. The largest absolute Gasteiger partial charge is 0.494 e. The summed E-state index contributed by atoms with van der Waals surface area (Å²) in [6, 6.07) is 3.20. The number of hydrogen-bond acceptors (Lipinski definition) is 2. The molecular weight excluding hydrogens is 275 g/mol. The highest BCUT2D eigenvalue weighted by Gasteiger charge is 2.17. The molecule has 0 aliphatic heterocycles.